The van der Waals surface area contributed by atoms with Gasteiger partial charge in [-0.1, -0.05) is 35.5 Å². The lowest BCUT2D eigenvalue weighted by atomic mass is 10.1. The van der Waals surface area contributed by atoms with Gasteiger partial charge in [-0.2, -0.15) is 0 Å². The molecule has 26 heavy (non-hydrogen) atoms. The van der Waals surface area contributed by atoms with Crippen LogP contribution < -0.4 is 5.32 Å². The number of amides is 2. The van der Waals surface area contributed by atoms with Gasteiger partial charge in [-0.25, -0.2) is 0 Å². The molecule has 2 amide bonds. The van der Waals surface area contributed by atoms with Crippen LogP contribution in [-0.4, -0.2) is 41.0 Å². The molecule has 2 heterocycles. The third-order valence-electron chi connectivity index (χ3n) is 4.83. The van der Waals surface area contributed by atoms with E-state index in [-0.39, 0.29) is 24.3 Å². The fourth-order valence-electron chi connectivity index (χ4n) is 3.40. The average Bonchev–Trinajstić information content (AvgIpc) is 3.12. The minimum atomic E-state index is -0.118. The number of hydrogen-bond donors (Lipinski definition) is 1. The zero-order valence-electron chi connectivity index (χ0n) is 15.3. The van der Waals surface area contributed by atoms with Crippen LogP contribution in [0.15, 0.2) is 34.9 Å². The summed E-state index contributed by atoms with van der Waals surface area (Å²) in [4.78, 5) is 26.3. The molecule has 1 aliphatic rings. The van der Waals surface area contributed by atoms with Crippen LogP contribution in [0.5, 0.6) is 0 Å². The molecule has 2 aromatic rings. The summed E-state index contributed by atoms with van der Waals surface area (Å²) in [7, 11) is 0. The van der Waals surface area contributed by atoms with E-state index in [9.17, 15) is 9.59 Å². The van der Waals surface area contributed by atoms with Crippen molar-refractivity contribution in [2.24, 2.45) is 0 Å². The van der Waals surface area contributed by atoms with Crippen LogP contribution in [-0.2, 0) is 22.4 Å². The van der Waals surface area contributed by atoms with Crippen LogP contribution in [0.4, 0.5) is 0 Å². The van der Waals surface area contributed by atoms with Gasteiger partial charge < -0.3 is 14.7 Å². The molecule has 0 radical (unpaired) electrons. The zero-order chi connectivity index (χ0) is 18.5. The molecule has 0 spiro atoms. The Morgan fingerprint density at radius 2 is 2.08 bits per heavy atom. The van der Waals surface area contributed by atoms with Crippen LogP contribution in [0.2, 0.25) is 0 Å². The van der Waals surface area contributed by atoms with Crippen molar-refractivity contribution in [3.05, 3.63) is 52.9 Å². The Morgan fingerprint density at radius 3 is 2.77 bits per heavy atom. The van der Waals surface area contributed by atoms with Gasteiger partial charge in [-0.3, -0.25) is 9.59 Å². The number of likely N-dealkylation sites (tertiary alicyclic amines) is 1. The first-order valence-electron chi connectivity index (χ1n) is 9.05. The number of carbonyl (C=O) groups excluding carboxylic acids is 2. The summed E-state index contributed by atoms with van der Waals surface area (Å²) < 4.78 is 5.09. The molecule has 1 fully saturated rings. The Morgan fingerprint density at radius 1 is 1.31 bits per heavy atom. The van der Waals surface area contributed by atoms with Gasteiger partial charge in [0.1, 0.15) is 5.76 Å². The highest BCUT2D eigenvalue weighted by atomic mass is 16.5. The van der Waals surface area contributed by atoms with Crippen LogP contribution in [0.25, 0.3) is 0 Å². The number of aryl methyl sites for hydroxylation is 3. The molecule has 3 rings (SSSR count). The fourth-order valence-corrected chi connectivity index (χ4v) is 3.40. The number of carbonyl (C=O) groups is 2. The van der Waals surface area contributed by atoms with Crippen LogP contribution in [0.3, 0.4) is 0 Å². The van der Waals surface area contributed by atoms with Gasteiger partial charge >= 0.3 is 0 Å². The highest BCUT2D eigenvalue weighted by molar-refractivity contribution is 5.83. The summed E-state index contributed by atoms with van der Waals surface area (Å²) in [6.45, 7) is 4.94. The lowest BCUT2D eigenvalue weighted by Gasteiger charge is -2.17. The smallest absolute Gasteiger partial charge is 0.224 e. The molecule has 0 aliphatic carbocycles. The van der Waals surface area contributed by atoms with Gasteiger partial charge in [-0.15, -0.1) is 0 Å². The summed E-state index contributed by atoms with van der Waals surface area (Å²) in [6, 6.07) is 10.1. The van der Waals surface area contributed by atoms with Gasteiger partial charge in [0.25, 0.3) is 0 Å². The first-order valence-corrected chi connectivity index (χ1v) is 9.05. The maximum absolute atomic E-state index is 12.3. The summed E-state index contributed by atoms with van der Waals surface area (Å²) in [6.07, 6.45) is 2.49. The third-order valence-corrected chi connectivity index (χ3v) is 4.83. The van der Waals surface area contributed by atoms with Crippen LogP contribution in [0.1, 0.15) is 35.4 Å². The van der Waals surface area contributed by atoms with Crippen molar-refractivity contribution >= 4 is 11.8 Å². The van der Waals surface area contributed by atoms with Gasteiger partial charge in [0.2, 0.25) is 11.8 Å². The molecule has 1 saturated heterocycles. The average molecular weight is 355 g/mol. The van der Waals surface area contributed by atoms with E-state index in [1.165, 1.54) is 5.56 Å². The quantitative estimate of drug-likeness (QED) is 0.826. The molecular weight excluding hydrogens is 330 g/mol. The SMILES string of the molecule is Cc1noc(C)c1CC(=O)NC1CC(=O)N(CCCc2ccccc2)C1. The van der Waals surface area contributed by atoms with Crippen molar-refractivity contribution < 1.29 is 14.1 Å². The topological polar surface area (TPSA) is 75.4 Å². The van der Waals surface area contributed by atoms with Crippen molar-refractivity contribution in [2.45, 2.75) is 45.6 Å². The lowest BCUT2D eigenvalue weighted by molar-refractivity contribution is -0.127. The molecule has 0 bridgehead atoms. The monoisotopic (exact) mass is 355 g/mol. The van der Waals surface area contributed by atoms with Crippen molar-refractivity contribution in [3.8, 4) is 0 Å². The van der Waals surface area contributed by atoms with E-state index in [1.54, 1.807) is 6.92 Å². The van der Waals surface area contributed by atoms with Gasteiger partial charge in [0.05, 0.1) is 18.2 Å². The molecule has 1 aliphatic heterocycles. The third kappa shape index (κ3) is 4.50. The Balaban J connectivity index is 1.44. The van der Waals surface area contributed by atoms with Crippen molar-refractivity contribution in [1.29, 1.82) is 0 Å². The maximum atomic E-state index is 12.3. The second kappa shape index (κ2) is 8.17. The highest BCUT2D eigenvalue weighted by Gasteiger charge is 2.30. The molecule has 6 nitrogen and oxygen atoms in total. The molecule has 1 aromatic carbocycles. The highest BCUT2D eigenvalue weighted by Crippen LogP contribution is 2.15. The molecule has 1 unspecified atom stereocenters. The number of aromatic nitrogens is 1. The molecule has 1 N–H and O–H groups in total. The summed E-state index contributed by atoms with van der Waals surface area (Å²) in [5.74, 6) is 0.687. The summed E-state index contributed by atoms with van der Waals surface area (Å²) >= 11 is 0. The predicted molar refractivity (Wildman–Crippen MR) is 97.6 cm³/mol. The van der Waals surface area contributed by atoms with Crippen LogP contribution in [0, 0.1) is 13.8 Å². The molecule has 6 heteroatoms. The molecule has 138 valence electrons. The fraction of sp³-hybridized carbons (Fsp3) is 0.450. The van der Waals surface area contributed by atoms with Gasteiger partial charge in [0, 0.05) is 25.1 Å². The number of rotatable bonds is 7. The van der Waals surface area contributed by atoms with Crippen LogP contribution >= 0.6 is 0 Å². The first kappa shape index (κ1) is 18.2. The molecule has 1 aromatic heterocycles. The Kier molecular flexibility index (Phi) is 5.71. The maximum Gasteiger partial charge on any atom is 0.224 e. The second-order valence-electron chi connectivity index (χ2n) is 6.88. The lowest BCUT2D eigenvalue weighted by Crippen LogP contribution is -2.38. The van der Waals surface area contributed by atoms with E-state index in [4.69, 9.17) is 4.52 Å². The Labute approximate surface area is 153 Å². The van der Waals surface area contributed by atoms with Crippen molar-refractivity contribution in [2.75, 3.05) is 13.1 Å². The summed E-state index contributed by atoms with van der Waals surface area (Å²) in [5.41, 5.74) is 2.85. The molecule has 0 saturated carbocycles. The number of hydrogen-bond acceptors (Lipinski definition) is 4. The standard InChI is InChI=1S/C20H25N3O3/c1-14-18(15(2)26-22-14)12-19(24)21-17-11-20(25)23(13-17)10-6-9-16-7-4-3-5-8-16/h3-5,7-8,17H,6,9-13H2,1-2H3,(H,21,24). The zero-order valence-corrected chi connectivity index (χ0v) is 15.3. The minimum absolute atomic E-state index is 0.0941. The number of nitrogens with one attached hydrogen (secondary N) is 1. The molecule has 1 atom stereocenters. The normalized spacial score (nSPS) is 16.9. The van der Waals surface area contributed by atoms with Gasteiger partial charge in [0.15, 0.2) is 0 Å². The number of nitrogens with zero attached hydrogens (tertiary/aromatic N) is 2. The van der Waals surface area contributed by atoms with E-state index in [0.717, 1.165) is 30.6 Å². The van der Waals surface area contributed by atoms with E-state index in [1.807, 2.05) is 30.0 Å². The first-order chi connectivity index (χ1) is 12.5. The number of benzene rings is 1. The Bertz CT molecular complexity index is 750. The molecular formula is C20H25N3O3. The van der Waals surface area contributed by atoms with E-state index in [2.05, 4.69) is 22.6 Å². The van der Waals surface area contributed by atoms with Gasteiger partial charge in [-0.05, 0) is 32.3 Å². The Hall–Kier alpha value is -2.63. The van der Waals surface area contributed by atoms with E-state index in [0.29, 0.717) is 18.7 Å². The van der Waals surface area contributed by atoms with E-state index >= 15 is 0 Å². The second-order valence-corrected chi connectivity index (χ2v) is 6.88. The summed E-state index contributed by atoms with van der Waals surface area (Å²) in [5, 5.41) is 6.84. The van der Waals surface area contributed by atoms with E-state index < -0.39 is 0 Å². The largest absolute Gasteiger partial charge is 0.361 e. The predicted octanol–water partition coefficient (Wildman–Crippen LogP) is 2.18. The van der Waals surface area contributed by atoms with Crippen molar-refractivity contribution in [1.82, 2.24) is 15.4 Å². The van der Waals surface area contributed by atoms with Crippen molar-refractivity contribution in [3.63, 3.8) is 0 Å². The minimum Gasteiger partial charge on any atom is -0.361 e.